The average molecular weight is 275 g/mol. The summed E-state index contributed by atoms with van der Waals surface area (Å²) < 4.78 is 26.4. The molecule has 0 radical (unpaired) electrons. The Morgan fingerprint density at radius 2 is 1.80 bits per heavy atom. The molecule has 0 bridgehead atoms. The van der Waals surface area contributed by atoms with Crippen LogP contribution in [0.15, 0.2) is 42.5 Å². The van der Waals surface area contributed by atoms with E-state index in [2.05, 4.69) is 5.32 Å². The second-order valence-electron chi connectivity index (χ2n) is 4.52. The van der Waals surface area contributed by atoms with Gasteiger partial charge in [-0.25, -0.2) is 8.78 Å². The quantitative estimate of drug-likeness (QED) is 0.840. The van der Waals surface area contributed by atoms with Gasteiger partial charge in [-0.2, -0.15) is 0 Å². The molecule has 4 heteroatoms. The van der Waals surface area contributed by atoms with Gasteiger partial charge in [-0.05, 0) is 43.2 Å². The Labute approximate surface area is 116 Å². The van der Waals surface area contributed by atoms with E-state index in [1.54, 1.807) is 24.3 Å². The van der Waals surface area contributed by atoms with Crippen molar-refractivity contribution in [1.29, 1.82) is 0 Å². The molecule has 0 saturated carbocycles. The highest BCUT2D eigenvalue weighted by atomic mass is 19.1. The van der Waals surface area contributed by atoms with Crippen molar-refractivity contribution >= 4 is 11.5 Å². The molecule has 0 aromatic heterocycles. The van der Waals surface area contributed by atoms with E-state index in [1.165, 1.54) is 25.1 Å². The number of ketones is 1. The predicted octanol–water partition coefficient (Wildman–Crippen LogP) is 3.82. The maximum absolute atomic E-state index is 13.6. The fourth-order valence-electron chi connectivity index (χ4n) is 2.02. The number of carbonyl (C=O) groups is 1. The zero-order chi connectivity index (χ0) is 14.5. The molecule has 0 spiro atoms. The van der Waals surface area contributed by atoms with Crippen LogP contribution in [-0.4, -0.2) is 12.3 Å². The minimum Gasteiger partial charge on any atom is -0.384 e. The molecule has 2 nitrogen and oxygen atoms in total. The maximum atomic E-state index is 13.6. The van der Waals surface area contributed by atoms with Crippen molar-refractivity contribution in [3.63, 3.8) is 0 Å². The van der Waals surface area contributed by atoms with Gasteiger partial charge in [0.25, 0.3) is 0 Å². The Kier molecular flexibility index (Phi) is 4.45. The van der Waals surface area contributed by atoms with Crippen LogP contribution in [0.2, 0.25) is 0 Å². The lowest BCUT2D eigenvalue weighted by molar-refractivity contribution is 0.101. The van der Waals surface area contributed by atoms with Crippen molar-refractivity contribution in [1.82, 2.24) is 0 Å². The van der Waals surface area contributed by atoms with Crippen molar-refractivity contribution in [2.75, 3.05) is 11.9 Å². The molecular formula is C16H15F2NO. The summed E-state index contributed by atoms with van der Waals surface area (Å²) in [5, 5.41) is 3.04. The second-order valence-corrected chi connectivity index (χ2v) is 4.52. The maximum Gasteiger partial charge on any atom is 0.164 e. The fraction of sp³-hybridized carbons (Fsp3) is 0.188. The summed E-state index contributed by atoms with van der Waals surface area (Å²) in [7, 11) is 0. The van der Waals surface area contributed by atoms with E-state index in [1.807, 2.05) is 0 Å². The highest BCUT2D eigenvalue weighted by Gasteiger charge is 2.12. The lowest BCUT2D eigenvalue weighted by Crippen LogP contribution is -2.10. The van der Waals surface area contributed by atoms with Crippen LogP contribution in [0.5, 0.6) is 0 Å². The van der Waals surface area contributed by atoms with E-state index in [4.69, 9.17) is 0 Å². The number of carbonyl (C=O) groups excluding carboxylic acids is 1. The molecule has 2 aromatic carbocycles. The number of benzene rings is 2. The highest BCUT2D eigenvalue weighted by molar-refractivity contribution is 5.99. The van der Waals surface area contributed by atoms with Crippen LogP contribution in [0.1, 0.15) is 22.8 Å². The van der Waals surface area contributed by atoms with Crippen LogP contribution in [0, 0.1) is 11.6 Å². The van der Waals surface area contributed by atoms with E-state index in [0.29, 0.717) is 18.7 Å². The number of hydrogen-bond acceptors (Lipinski definition) is 2. The van der Waals surface area contributed by atoms with E-state index >= 15 is 0 Å². The third-order valence-electron chi connectivity index (χ3n) is 3.01. The number of nitrogens with one attached hydrogen (secondary N) is 1. The number of hydrogen-bond donors (Lipinski definition) is 1. The van der Waals surface area contributed by atoms with Gasteiger partial charge in [0.15, 0.2) is 5.78 Å². The number of rotatable bonds is 5. The second kappa shape index (κ2) is 6.28. The van der Waals surface area contributed by atoms with Gasteiger partial charge < -0.3 is 5.32 Å². The summed E-state index contributed by atoms with van der Waals surface area (Å²) >= 11 is 0. The average Bonchev–Trinajstić information content (AvgIpc) is 2.40. The first-order chi connectivity index (χ1) is 9.58. The van der Waals surface area contributed by atoms with Crippen molar-refractivity contribution < 1.29 is 13.6 Å². The van der Waals surface area contributed by atoms with Gasteiger partial charge in [0.2, 0.25) is 0 Å². The number of halogens is 2. The lowest BCUT2D eigenvalue weighted by Gasteiger charge is -2.11. The Hall–Kier alpha value is -2.23. The molecular weight excluding hydrogens is 260 g/mol. The van der Waals surface area contributed by atoms with E-state index in [9.17, 15) is 13.6 Å². The molecule has 0 amide bonds. The molecule has 0 fully saturated rings. The van der Waals surface area contributed by atoms with Crippen LogP contribution in [0.4, 0.5) is 14.5 Å². The smallest absolute Gasteiger partial charge is 0.164 e. The molecule has 0 aliphatic carbocycles. The molecule has 1 N–H and O–H groups in total. The molecule has 0 aliphatic rings. The zero-order valence-corrected chi connectivity index (χ0v) is 11.1. The van der Waals surface area contributed by atoms with E-state index < -0.39 is 5.82 Å². The van der Waals surface area contributed by atoms with Gasteiger partial charge in [0, 0.05) is 12.2 Å². The van der Waals surface area contributed by atoms with E-state index in [-0.39, 0.29) is 17.2 Å². The summed E-state index contributed by atoms with van der Waals surface area (Å²) in [6.45, 7) is 1.87. The predicted molar refractivity (Wildman–Crippen MR) is 75.0 cm³/mol. The fourth-order valence-corrected chi connectivity index (χ4v) is 2.02. The lowest BCUT2D eigenvalue weighted by atomic mass is 10.1. The summed E-state index contributed by atoms with van der Waals surface area (Å²) in [5.41, 5.74) is 1.53. The summed E-state index contributed by atoms with van der Waals surface area (Å²) in [5.74, 6) is -1.11. The van der Waals surface area contributed by atoms with Gasteiger partial charge in [0.05, 0.1) is 5.56 Å². The number of anilines is 1. The van der Waals surface area contributed by atoms with Crippen LogP contribution in [-0.2, 0) is 6.42 Å². The Morgan fingerprint density at radius 1 is 1.10 bits per heavy atom. The van der Waals surface area contributed by atoms with Gasteiger partial charge in [-0.15, -0.1) is 0 Å². The molecule has 20 heavy (non-hydrogen) atoms. The molecule has 0 aliphatic heterocycles. The summed E-state index contributed by atoms with van der Waals surface area (Å²) in [6.07, 6.45) is 0.661. The zero-order valence-electron chi connectivity index (χ0n) is 11.1. The Balaban J connectivity index is 2.02. The van der Waals surface area contributed by atoms with Crippen LogP contribution in [0.25, 0.3) is 0 Å². The molecule has 104 valence electrons. The molecule has 0 atom stereocenters. The minimum atomic E-state index is -0.524. The minimum absolute atomic E-state index is 0.0756. The Morgan fingerprint density at radius 3 is 2.45 bits per heavy atom. The highest BCUT2D eigenvalue weighted by Crippen LogP contribution is 2.19. The molecule has 0 unspecified atom stereocenters. The SMILES string of the molecule is CC(=O)c1c(F)cccc1NCCc1ccc(F)cc1. The standard InChI is InChI=1S/C16H15F2NO/c1-11(20)16-14(18)3-2-4-15(16)19-10-9-12-5-7-13(17)8-6-12/h2-8,19H,9-10H2,1H3. The van der Waals surface area contributed by atoms with Crippen molar-refractivity contribution in [2.24, 2.45) is 0 Å². The molecule has 2 rings (SSSR count). The van der Waals surface area contributed by atoms with Gasteiger partial charge in [-0.1, -0.05) is 18.2 Å². The van der Waals surface area contributed by atoms with Crippen LogP contribution >= 0.6 is 0 Å². The first-order valence-corrected chi connectivity index (χ1v) is 6.35. The van der Waals surface area contributed by atoms with Gasteiger partial charge in [0.1, 0.15) is 11.6 Å². The van der Waals surface area contributed by atoms with Crippen LogP contribution in [0.3, 0.4) is 0 Å². The van der Waals surface area contributed by atoms with Crippen LogP contribution < -0.4 is 5.32 Å². The monoisotopic (exact) mass is 275 g/mol. The van der Waals surface area contributed by atoms with Crippen molar-refractivity contribution in [3.05, 3.63) is 65.2 Å². The number of Topliss-reactive ketones (excluding diaryl/α,β-unsaturated/α-hetero) is 1. The molecule has 2 aromatic rings. The van der Waals surface area contributed by atoms with E-state index in [0.717, 1.165) is 5.56 Å². The topological polar surface area (TPSA) is 29.1 Å². The van der Waals surface area contributed by atoms with Crippen molar-refractivity contribution in [2.45, 2.75) is 13.3 Å². The summed E-state index contributed by atoms with van der Waals surface area (Å²) in [6, 6.07) is 10.7. The normalized spacial score (nSPS) is 10.3. The first-order valence-electron chi connectivity index (χ1n) is 6.35. The molecule has 0 heterocycles. The van der Waals surface area contributed by atoms with Gasteiger partial charge >= 0.3 is 0 Å². The largest absolute Gasteiger partial charge is 0.384 e. The third kappa shape index (κ3) is 3.41. The summed E-state index contributed by atoms with van der Waals surface area (Å²) in [4.78, 5) is 11.4. The Bertz CT molecular complexity index is 608. The first kappa shape index (κ1) is 14.2. The third-order valence-corrected chi connectivity index (χ3v) is 3.01. The van der Waals surface area contributed by atoms with Gasteiger partial charge in [-0.3, -0.25) is 4.79 Å². The molecule has 0 saturated heterocycles. The van der Waals surface area contributed by atoms with Crippen molar-refractivity contribution in [3.8, 4) is 0 Å².